The lowest BCUT2D eigenvalue weighted by Crippen LogP contribution is -2.15. The summed E-state index contributed by atoms with van der Waals surface area (Å²) < 4.78 is 0. The van der Waals surface area contributed by atoms with Gasteiger partial charge in [0.15, 0.2) is 0 Å². The van der Waals surface area contributed by atoms with E-state index in [0.717, 1.165) is 6.42 Å². The minimum absolute atomic E-state index is 0.186. The van der Waals surface area contributed by atoms with Gasteiger partial charge in [-0.05, 0) is 34.9 Å². The Labute approximate surface area is 110 Å². The van der Waals surface area contributed by atoms with Crippen LogP contribution in [0.15, 0.2) is 18.2 Å². The van der Waals surface area contributed by atoms with Crippen molar-refractivity contribution in [2.75, 3.05) is 0 Å². The maximum absolute atomic E-state index is 5.64. The summed E-state index contributed by atoms with van der Waals surface area (Å²) in [6.45, 7) is 11.0. The first kappa shape index (κ1) is 14.2. The minimum Gasteiger partial charge on any atom is -0.393 e. The molecular formula is C15H23NS. The Morgan fingerprint density at radius 1 is 1.35 bits per heavy atom. The highest BCUT2D eigenvalue weighted by Gasteiger charge is 2.17. The van der Waals surface area contributed by atoms with Gasteiger partial charge >= 0.3 is 0 Å². The summed E-state index contributed by atoms with van der Waals surface area (Å²) in [5, 5.41) is 0. The van der Waals surface area contributed by atoms with Crippen LogP contribution in [-0.2, 0) is 5.41 Å². The molecule has 0 aliphatic rings. The Balaban J connectivity index is 3.10. The van der Waals surface area contributed by atoms with Gasteiger partial charge in [-0.2, -0.15) is 0 Å². The molecule has 0 radical (unpaired) electrons. The Morgan fingerprint density at radius 3 is 2.41 bits per heavy atom. The Morgan fingerprint density at radius 2 is 1.94 bits per heavy atom. The molecule has 94 valence electrons. The van der Waals surface area contributed by atoms with Crippen molar-refractivity contribution in [3.63, 3.8) is 0 Å². The molecule has 0 spiro atoms. The van der Waals surface area contributed by atoms with E-state index in [1.807, 2.05) is 0 Å². The molecule has 0 bridgehead atoms. The average Bonchev–Trinajstić information content (AvgIpc) is 2.15. The molecule has 1 aromatic rings. The lowest BCUT2D eigenvalue weighted by Gasteiger charge is -2.23. The third-order valence-electron chi connectivity index (χ3n) is 3.18. The highest BCUT2D eigenvalue weighted by molar-refractivity contribution is 7.80. The first-order valence-corrected chi connectivity index (χ1v) is 6.52. The van der Waals surface area contributed by atoms with Gasteiger partial charge in [0.1, 0.15) is 0 Å². The van der Waals surface area contributed by atoms with Gasteiger partial charge < -0.3 is 5.73 Å². The molecule has 0 aliphatic heterocycles. The van der Waals surface area contributed by atoms with E-state index in [-0.39, 0.29) is 5.41 Å². The molecule has 0 amide bonds. The summed E-state index contributed by atoms with van der Waals surface area (Å²) in [6.07, 6.45) is 0.782. The van der Waals surface area contributed by atoms with Crippen LogP contribution in [0.2, 0.25) is 0 Å². The van der Waals surface area contributed by atoms with Crippen molar-refractivity contribution in [3.05, 3.63) is 34.9 Å². The molecule has 1 aromatic carbocycles. The number of nitrogens with two attached hydrogens (primary N) is 1. The molecule has 0 saturated carbocycles. The molecule has 0 fully saturated rings. The largest absolute Gasteiger partial charge is 0.393 e. The predicted molar refractivity (Wildman–Crippen MR) is 79.7 cm³/mol. The maximum atomic E-state index is 5.64. The summed E-state index contributed by atoms with van der Waals surface area (Å²) in [7, 11) is 0. The lowest BCUT2D eigenvalue weighted by atomic mass is 9.83. The zero-order chi connectivity index (χ0) is 13.2. The number of thiocarbonyl (C=S) groups is 1. The fourth-order valence-corrected chi connectivity index (χ4v) is 2.30. The first-order valence-electron chi connectivity index (χ1n) is 6.11. The van der Waals surface area contributed by atoms with Crippen LogP contribution in [0.5, 0.6) is 0 Å². The van der Waals surface area contributed by atoms with Gasteiger partial charge in [0.2, 0.25) is 0 Å². The number of hydrogen-bond acceptors (Lipinski definition) is 1. The van der Waals surface area contributed by atoms with Gasteiger partial charge in [-0.25, -0.2) is 0 Å². The van der Waals surface area contributed by atoms with Crippen LogP contribution in [0.1, 0.15) is 56.7 Å². The van der Waals surface area contributed by atoms with E-state index >= 15 is 0 Å². The summed E-state index contributed by atoms with van der Waals surface area (Å²) in [5.41, 5.74) is 9.88. The van der Waals surface area contributed by atoms with Crippen molar-refractivity contribution in [3.8, 4) is 0 Å². The van der Waals surface area contributed by atoms with Gasteiger partial charge in [0.25, 0.3) is 0 Å². The smallest absolute Gasteiger partial charge is 0.0733 e. The van der Waals surface area contributed by atoms with Crippen LogP contribution in [0, 0.1) is 6.92 Å². The summed E-state index contributed by atoms with van der Waals surface area (Å²) in [4.78, 5) is 0.595. The van der Waals surface area contributed by atoms with Gasteiger partial charge in [0.05, 0.1) is 4.99 Å². The van der Waals surface area contributed by atoms with Crippen molar-refractivity contribution in [2.24, 2.45) is 5.73 Å². The fraction of sp³-hybridized carbons (Fsp3) is 0.533. The third-order valence-corrected chi connectivity index (χ3v) is 3.35. The Kier molecular flexibility index (Phi) is 4.31. The first-order chi connectivity index (χ1) is 7.71. The van der Waals surface area contributed by atoms with Gasteiger partial charge in [-0.1, -0.05) is 58.1 Å². The average molecular weight is 249 g/mol. The molecule has 2 heteroatoms. The van der Waals surface area contributed by atoms with Gasteiger partial charge in [-0.3, -0.25) is 0 Å². The fourth-order valence-electron chi connectivity index (χ4n) is 2.05. The highest BCUT2D eigenvalue weighted by atomic mass is 32.1. The molecule has 0 saturated heterocycles. The second kappa shape index (κ2) is 5.18. The zero-order valence-electron chi connectivity index (χ0n) is 11.5. The summed E-state index contributed by atoms with van der Waals surface area (Å²) >= 11 is 5.00. The van der Waals surface area contributed by atoms with E-state index in [9.17, 15) is 0 Å². The molecule has 1 unspecified atom stereocenters. The van der Waals surface area contributed by atoms with E-state index in [0.29, 0.717) is 10.9 Å². The lowest BCUT2D eigenvalue weighted by molar-refractivity contribution is 0.588. The Hall–Kier alpha value is -0.890. The minimum atomic E-state index is 0.186. The maximum Gasteiger partial charge on any atom is 0.0733 e. The second-order valence-electron chi connectivity index (χ2n) is 5.89. The van der Waals surface area contributed by atoms with E-state index in [1.165, 1.54) is 16.7 Å². The van der Waals surface area contributed by atoms with Crippen LogP contribution in [-0.4, -0.2) is 4.99 Å². The monoisotopic (exact) mass is 249 g/mol. The zero-order valence-corrected chi connectivity index (χ0v) is 12.3. The van der Waals surface area contributed by atoms with Crippen molar-refractivity contribution < 1.29 is 0 Å². The molecule has 0 aromatic heterocycles. The quantitative estimate of drug-likeness (QED) is 0.817. The number of benzene rings is 1. The third kappa shape index (κ3) is 3.81. The molecule has 1 atom stereocenters. The van der Waals surface area contributed by atoms with Crippen LogP contribution < -0.4 is 5.73 Å². The Bertz CT molecular complexity index is 415. The van der Waals surface area contributed by atoms with Crippen LogP contribution in [0.4, 0.5) is 0 Å². The standard InChI is InChI=1S/C15H23NS/c1-10-6-7-12(15(3,4)5)9-13(10)11(2)8-14(16)17/h6-7,9,11H,8H2,1-5H3,(H2,16,17). The van der Waals surface area contributed by atoms with E-state index in [4.69, 9.17) is 18.0 Å². The molecule has 1 rings (SSSR count). The normalized spacial score (nSPS) is 13.5. The van der Waals surface area contributed by atoms with Crippen LogP contribution in [0.3, 0.4) is 0 Å². The summed E-state index contributed by atoms with van der Waals surface area (Å²) in [5.74, 6) is 0.398. The van der Waals surface area contributed by atoms with Crippen molar-refractivity contribution >= 4 is 17.2 Å². The van der Waals surface area contributed by atoms with Gasteiger partial charge in [0, 0.05) is 6.42 Å². The van der Waals surface area contributed by atoms with Crippen LogP contribution in [0.25, 0.3) is 0 Å². The highest BCUT2D eigenvalue weighted by Crippen LogP contribution is 2.29. The predicted octanol–water partition coefficient (Wildman–Crippen LogP) is 4.07. The topological polar surface area (TPSA) is 26.0 Å². The SMILES string of the molecule is Cc1ccc(C(C)(C)C)cc1C(C)CC(N)=S. The van der Waals surface area contributed by atoms with Crippen LogP contribution >= 0.6 is 12.2 Å². The number of hydrogen-bond donors (Lipinski definition) is 1. The van der Waals surface area contributed by atoms with Crippen molar-refractivity contribution in [1.29, 1.82) is 0 Å². The molecule has 0 aliphatic carbocycles. The van der Waals surface area contributed by atoms with Crippen molar-refractivity contribution in [2.45, 2.75) is 52.4 Å². The molecule has 2 N–H and O–H groups in total. The molecular weight excluding hydrogens is 226 g/mol. The van der Waals surface area contributed by atoms with Gasteiger partial charge in [-0.15, -0.1) is 0 Å². The summed E-state index contributed by atoms with van der Waals surface area (Å²) in [6, 6.07) is 6.72. The number of rotatable bonds is 3. The molecule has 17 heavy (non-hydrogen) atoms. The van der Waals surface area contributed by atoms with E-state index in [2.05, 4.69) is 52.8 Å². The van der Waals surface area contributed by atoms with E-state index in [1.54, 1.807) is 0 Å². The number of aryl methyl sites for hydroxylation is 1. The molecule has 0 heterocycles. The molecule has 1 nitrogen and oxygen atoms in total. The van der Waals surface area contributed by atoms with Crippen molar-refractivity contribution in [1.82, 2.24) is 0 Å². The van der Waals surface area contributed by atoms with E-state index < -0.39 is 0 Å². The second-order valence-corrected chi connectivity index (χ2v) is 6.42.